The maximum atomic E-state index is 11.4. The van der Waals surface area contributed by atoms with Crippen molar-refractivity contribution in [3.05, 3.63) is 29.8 Å². The fraction of sp³-hybridized carbons (Fsp3) is 0.533. The van der Waals surface area contributed by atoms with Crippen molar-refractivity contribution in [3.63, 3.8) is 0 Å². The smallest absolute Gasteiger partial charge is 0.217 e. The number of aliphatic hydroxyl groups excluding tert-OH is 3. The topological polar surface area (TPSA) is 108 Å². The van der Waals surface area contributed by atoms with Crippen LogP contribution in [0, 0.1) is 0 Å². The summed E-state index contributed by atoms with van der Waals surface area (Å²) < 4.78 is 10.8. The molecular formula is C15H21NO6. The van der Waals surface area contributed by atoms with Crippen LogP contribution in [0.5, 0.6) is 5.75 Å². The highest BCUT2D eigenvalue weighted by atomic mass is 16.5. The van der Waals surface area contributed by atoms with Crippen LogP contribution in [0.4, 0.5) is 0 Å². The Morgan fingerprint density at radius 1 is 1.27 bits per heavy atom. The number of nitrogens with one attached hydrogen (secondary N) is 1. The lowest BCUT2D eigenvalue weighted by atomic mass is 9.89. The number of benzene rings is 1. The number of carbonyl (C=O) groups is 1. The van der Waals surface area contributed by atoms with E-state index in [1.165, 1.54) is 6.92 Å². The van der Waals surface area contributed by atoms with Gasteiger partial charge in [-0.3, -0.25) is 4.79 Å². The van der Waals surface area contributed by atoms with Crippen LogP contribution in [-0.4, -0.2) is 59.3 Å². The third-order valence-electron chi connectivity index (χ3n) is 3.74. The summed E-state index contributed by atoms with van der Waals surface area (Å²) in [5, 5.41) is 32.1. The van der Waals surface area contributed by atoms with E-state index in [1.54, 1.807) is 31.4 Å². The van der Waals surface area contributed by atoms with Gasteiger partial charge in [0.25, 0.3) is 0 Å². The second kappa shape index (κ2) is 7.06. The molecule has 0 aromatic heterocycles. The molecule has 0 saturated carbocycles. The standard InChI is InChI=1S/C15H21NO6/c1-8(18)16-12-14(20)13(19)11(7-17)22-15(12)9-3-5-10(21-2)6-4-9/h3-6,11-15,17,19-20H,7H2,1-2H3,(H,16,18)/t11-,12-,13+,14-,15+/m1/s1. The SMILES string of the molecule is COc1ccc([C@@H]2O[C@H](CO)[C@H](O)[C@H](O)[C@H]2NC(C)=O)cc1. The summed E-state index contributed by atoms with van der Waals surface area (Å²) in [6.07, 6.45) is -4.14. The lowest BCUT2D eigenvalue weighted by molar-refractivity contribution is -0.197. The summed E-state index contributed by atoms with van der Waals surface area (Å²) >= 11 is 0. The maximum absolute atomic E-state index is 11.4. The summed E-state index contributed by atoms with van der Waals surface area (Å²) in [7, 11) is 1.55. The van der Waals surface area contributed by atoms with Gasteiger partial charge in [0.05, 0.1) is 19.8 Å². The van der Waals surface area contributed by atoms with E-state index >= 15 is 0 Å². The number of methoxy groups -OCH3 is 1. The number of ether oxygens (including phenoxy) is 2. The predicted octanol–water partition coefficient (Wildman–Crippen LogP) is -0.646. The molecule has 22 heavy (non-hydrogen) atoms. The average Bonchev–Trinajstić information content (AvgIpc) is 2.52. The Labute approximate surface area is 128 Å². The van der Waals surface area contributed by atoms with Crippen molar-refractivity contribution in [1.82, 2.24) is 5.32 Å². The van der Waals surface area contributed by atoms with Crippen LogP contribution < -0.4 is 10.1 Å². The molecule has 7 nitrogen and oxygen atoms in total. The molecule has 122 valence electrons. The van der Waals surface area contributed by atoms with Crippen molar-refractivity contribution in [2.75, 3.05) is 13.7 Å². The first kappa shape index (κ1) is 16.7. The highest BCUT2D eigenvalue weighted by molar-refractivity contribution is 5.73. The zero-order valence-corrected chi connectivity index (χ0v) is 12.5. The molecule has 0 bridgehead atoms. The minimum Gasteiger partial charge on any atom is -0.497 e. The minimum atomic E-state index is -1.28. The number of hydrogen-bond donors (Lipinski definition) is 4. The lowest BCUT2D eigenvalue weighted by Crippen LogP contribution is -2.60. The predicted molar refractivity (Wildman–Crippen MR) is 77.3 cm³/mol. The van der Waals surface area contributed by atoms with Gasteiger partial charge in [0, 0.05) is 6.92 Å². The Bertz CT molecular complexity index is 505. The van der Waals surface area contributed by atoms with Gasteiger partial charge in [0.15, 0.2) is 0 Å². The Kier molecular flexibility index (Phi) is 5.36. The largest absolute Gasteiger partial charge is 0.497 e. The highest BCUT2D eigenvalue weighted by Gasteiger charge is 2.45. The first-order valence-corrected chi connectivity index (χ1v) is 7.01. The Morgan fingerprint density at radius 3 is 2.41 bits per heavy atom. The van der Waals surface area contributed by atoms with Crippen LogP contribution in [0.2, 0.25) is 0 Å². The quantitative estimate of drug-likeness (QED) is 0.589. The van der Waals surface area contributed by atoms with E-state index in [1.807, 2.05) is 0 Å². The van der Waals surface area contributed by atoms with E-state index in [2.05, 4.69) is 5.32 Å². The molecule has 5 atom stereocenters. The van der Waals surface area contributed by atoms with E-state index in [0.29, 0.717) is 11.3 Å². The van der Waals surface area contributed by atoms with E-state index in [9.17, 15) is 20.1 Å². The summed E-state index contributed by atoms with van der Waals surface area (Å²) in [6.45, 7) is 0.889. The van der Waals surface area contributed by atoms with Crippen LogP contribution in [0.3, 0.4) is 0 Å². The number of aliphatic hydroxyl groups is 3. The summed E-state index contributed by atoms with van der Waals surface area (Å²) in [5.41, 5.74) is 0.698. The van der Waals surface area contributed by atoms with Gasteiger partial charge < -0.3 is 30.1 Å². The molecule has 1 aromatic carbocycles. The molecular weight excluding hydrogens is 290 g/mol. The van der Waals surface area contributed by atoms with Crippen LogP contribution >= 0.6 is 0 Å². The van der Waals surface area contributed by atoms with E-state index in [0.717, 1.165) is 0 Å². The fourth-order valence-electron chi connectivity index (χ4n) is 2.59. The molecule has 1 amide bonds. The van der Waals surface area contributed by atoms with Gasteiger partial charge in [-0.2, -0.15) is 0 Å². The van der Waals surface area contributed by atoms with Gasteiger partial charge in [0.2, 0.25) is 5.91 Å². The minimum absolute atomic E-state index is 0.346. The molecule has 1 heterocycles. The molecule has 1 fully saturated rings. The molecule has 7 heteroatoms. The third-order valence-corrected chi connectivity index (χ3v) is 3.74. The molecule has 0 unspecified atom stereocenters. The van der Waals surface area contributed by atoms with E-state index in [-0.39, 0.29) is 5.91 Å². The second-order valence-electron chi connectivity index (χ2n) is 5.26. The van der Waals surface area contributed by atoms with Crippen molar-refractivity contribution in [1.29, 1.82) is 0 Å². The van der Waals surface area contributed by atoms with E-state index in [4.69, 9.17) is 9.47 Å². The Balaban J connectivity index is 2.31. The molecule has 1 aliphatic heterocycles. The number of rotatable bonds is 4. The maximum Gasteiger partial charge on any atom is 0.217 e. The molecule has 1 aromatic rings. The summed E-state index contributed by atoms with van der Waals surface area (Å²) in [6, 6.07) is 6.14. The van der Waals surface area contributed by atoms with Gasteiger partial charge in [-0.1, -0.05) is 12.1 Å². The average molecular weight is 311 g/mol. The number of hydrogen-bond acceptors (Lipinski definition) is 6. The van der Waals surface area contributed by atoms with Gasteiger partial charge in [-0.25, -0.2) is 0 Å². The second-order valence-corrected chi connectivity index (χ2v) is 5.26. The molecule has 0 radical (unpaired) electrons. The lowest BCUT2D eigenvalue weighted by Gasteiger charge is -2.42. The Hall–Kier alpha value is -1.67. The van der Waals surface area contributed by atoms with Crippen molar-refractivity contribution in [3.8, 4) is 5.75 Å². The highest BCUT2D eigenvalue weighted by Crippen LogP contribution is 2.33. The molecule has 0 aliphatic carbocycles. The van der Waals surface area contributed by atoms with Gasteiger partial charge in [0.1, 0.15) is 30.2 Å². The number of carbonyl (C=O) groups excluding carboxylic acids is 1. The van der Waals surface area contributed by atoms with Gasteiger partial charge in [-0.05, 0) is 17.7 Å². The Morgan fingerprint density at radius 2 is 1.91 bits per heavy atom. The molecule has 0 spiro atoms. The van der Waals surface area contributed by atoms with Crippen LogP contribution in [0.15, 0.2) is 24.3 Å². The monoisotopic (exact) mass is 311 g/mol. The molecule has 1 aliphatic rings. The molecule has 1 saturated heterocycles. The van der Waals surface area contributed by atoms with Crippen LogP contribution in [-0.2, 0) is 9.53 Å². The van der Waals surface area contributed by atoms with Gasteiger partial charge >= 0.3 is 0 Å². The molecule has 4 N–H and O–H groups in total. The van der Waals surface area contributed by atoms with Crippen molar-refractivity contribution < 1.29 is 29.6 Å². The van der Waals surface area contributed by atoms with Crippen molar-refractivity contribution >= 4 is 5.91 Å². The summed E-state index contributed by atoms with van der Waals surface area (Å²) in [5.74, 6) is 0.315. The third kappa shape index (κ3) is 3.38. The van der Waals surface area contributed by atoms with Gasteiger partial charge in [-0.15, -0.1) is 0 Å². The summed E-state index contributed by atoms with van der Waals surface area (Å²) in [4.78, 5) is 11.4. The number of amides is 1. The first-order valence-electron chi connectivity index (χ1n) is 7.01. The normalized spacial score (nSPS) is 31.6. The molecule has 2 rings (SSSR count). The fourth-order valence-corrected chi connectivity index (χ4v) is 2.59. The first-order chi connectivity index (χ1) is 10.5. The van der Waals surface area contributed by atoms with Crippen LogP contribution in [0.1, 0.15) is 18.6 Å². The van der Waals surface area contributed by atoms with Crippen LogP contribution in [0.25, 0.3) is 0 Å². The zero-order chi connectivity index (χ0) is 16.3. The van der Waals surface area contributed by atoms with Crippen molar-refractivity contribution in [2.45, 2.75) is 37.4 Å². The van der Waals surface area contributed by atoms with Crippen molar-refractivity contribution in [2.24, 2.45) is 0 Å². The zero-order valence-electron chi connectivity index (χ0n) is 12.5. The van der Waals surface area contributed by atoms with E-state index < -0.39 is 37.1 Å².